The molecule has 19 nitrogen and oxygen atoms in total. The number of rotatable bonds is 26. The molecule has 23 heteroatoms. The Kier molecular flexibility index (Phi) is 31.1. The summed E-state index contributed by atoms with van der Waals surface area (Å²) in [6.45, 7) is 0.353. The largest absolute Gasteiger partial charge is 0.472 e. The first-order valence-electron chi connectivity index (χ1n) is 19.3. The van der Waals surface area contributed by atoms with E-state index in [2.05, 4.69) is 87.0 Å². The minimum absolute atomic E-state index is 0. The number of aliphatic hydroxyl groups excluding tert-OH is 3. The van der Waals surface area contributed by atoms with Crippen LogP contribution >= 0.6 is 37.0 Å². The third-order valence-corrected chi connectivity index (χ3v) is 10.3. The van der Waals surface area contributed by atoms with Gasteiger partial charge in [0.05, 0.1) is 6.61 Å². The van der Waals surface area contributed by atoms with Crippen LogP contribution in [0.2, 0.25) is 0 Å². The zero-order valence-electron chi connectivity index (χ0n) is 34.3. The smallest absolute Gasteiger partial charge is 0.456 e. The second-order valence-electron chi connectivity index (χ2n) is 13.3. The fourth-order valence-corrected chi connectivity index (χ4v) is 7.56. The van der Waals surface area contributed by atoms with Crippen LogP contribution in [0.4, 0.5) is 0 Å². The zero-order valence-corrected chi connectivity index (χ0v) is 38.0. The number of phosphoric ester groups is 3. The Morgan fingerprint density at radius 1 is 0.587 bits per heavy atom. The monoisotopic (exact) mass is 988 g/mol. The summed E-state index contributed by atoms with van der Waals surface area (Å²) in [5, 5.41) is 31.7. The molecule has 0 saturated heterocycles. The maximum Gasteiger partial charge on any atom is 0.472 e. The minimum atomic E-state index is -5.63. The molecule has 0 radical (unpaired) electrons. The Labute approximate surface area is 393 Å². The van der Waals surface area contributed by atoms with E-state index in [1.165, 1.54) is 44.9 Å². The first-order chi connectivity index (χ1) is 29.3. The highest BCUT2D eigenvalue weighted by molar-refractivity contribution is 7.59. The molecule has 0 aromatic heterocycles. The predicted molar refractivity (Wildman–Crippen MR) is 257 cm³/mol. The Bertz CT molecular complexity index is 2080. The van der Waals surface area contributed by atoms with Gasteiger partial charge in [-0.15, -0.1) is 6.42 Å². The molecule has 1 aliphatic carbocycles. The van der Waals surface area contributed by atoms with Crippen molar-refractivity contribution < 1.29 is 109 Å². The number of unbranched alkanes of at least 4 members (excludes halogenated alkanes) is 12. The van der Waals surface area contributed by atoms with E-state index in [9.17, 15) is 63.1 Å². The van der Waals surface area contributed by atoms with Crippen LogP contribution in [0.5, 0.6) is 0 Å². The fourth-order valence-electron chi connectivity index (χ4n) is 5.47. The van der Waals surface area contributed by atoms with E-state index in [4.69, 9.17) is 24.9 Å². The maximum atomic E-state index is 13.0. The average molecular weight is 989 g/mol. The van der Waals surface area contributed by atoms with Crippen LogP contribution in [0.1, 0.15) is 115 Å². The van der Waals surface area contributed by atoms with Crippen LogP contribution < -0.4 is 0 Å². The molecule has 4 unspecified atom stereocenters. The summed E-state index contributed by atoms with van der Waals surface area (Å²) in [5.74, 6) is 27.6. The molecule has 0 aliphatic heterocycles. The minimum Gasteiger partial charge on any atom is -0.456 e. The first kappa shape index (κ1) is 59.4. The average Bonchev–Trinajstić information content (AvgIpc) is 3.19. The molecule has 0 amide bonds. The molecule has 1 rings (SSSR count). The number of hydrogen-bond acceptors (Lipinski definition) is 14. The molecular formula is C40H79O19P3S. The summed E-state index contributed by atoms with van der Waals surface area (Å²) < 4.78 is 64.5. The molecule has 8 N–H and O–H groups in total. The fraction of sp³-hybridized carbons (Fsp3) is 0.600. The molecule has 1 aliphatic rings. The topological polar surface area (TPSA) is 303 Å². The van der Waals surface area contributed by atoms with E-state index in [-0.39, 0.29) is 38.5 Å². The Hall–Kier alpha value is -3.58. The van der Waals surface area contributed by atoms with Crippen LogP contribution in [-0.2, 0) is 50.9 Å². The number of hydrogen-bond donors (Lipinski definition) is 8. The number of carbonyl (C=O) groups excluding carboxylic acids is 2. The van der Waals surface area contributed by atoms with Crippen molar-refractivity contribution in [1.29, 1.82) is 0 Å². The molecule has 374 valence electrons. The lowest BCUT2D eigenvalue weighted by atomic mass is 9.85. The van der Waals surface area contributed by atoms with Gasteiger partial charge in [0.1, 0.15) is 43.2 Å². The molecule has 0 spiro atoms. The standard InChI is InChI=1S/C40H51O19P3.H2S.13H2/c1-3-5-7-9-11-13-15-17-19-21-23-25-27-29-34(42)56-32(30-54-33(41)28-26-24-22-20-18-16-14-12-10-8-6-4-2)31-55-62(52,53)59-38-35(43)36(44)39(57-60(46,47)48)40(37(38)45)58-61(49,50)51;;;;;;;;;;;;;;/h2,32,35-40,43-45H,3,5,7,9,11,13,15,17,19,21,23,25,27,29-31H2,1H3,(H,52,53)(H2,46,47,48)(H2,49,50,51);1H2;13*1H/t32-,35+,36?,37?,38?,39-,40+;;;;;;;;;;;;;;/m1............../s1. The van der Waals surface area contributed by atoms with Gasteiger partial charge in [0.15, 0.2) is 6.10 Å². The summed E-state index contributed by atoms with van der Waals surface area (Å²) >= 11 is 0. The normalized spacial score (nSPS) is 20.3. The van der Waals surface area contributed by atoms with Crippen molar-refractivity contribution >= 4 is 48.9 Å². The van der Waals surface area contributed by atoms with Crippen molar-refractivity contribution in [2.45, 2.75) is 140 Å². The van der Waals surface area contributed by atoms with Crippen molar-refractivity contribution in [1.82, 2.24) is 0 Å². The molecule has 1 saturated carbocycles. The van der Waals surface area contributed by atoms with E-state index >= 15 is 0 Å². The summed E-state index contributed by atoms with van der Waals surface area (Å²) in [4.78, 5) is 72.4. The van der Waals surface area contributed by atoms with E-state index in [0.29, 0.717) is 12.8 Å². The van der Waals surface area contributed by atoms with Crippen LogP contribution in [0, 0.1) is 83.4 Å². The van der Waals surface area contributed by atoms with Crippen LogP contribution in [-0.4, -0.2) is 108 Å². The van der Waals surface area contributed by atoms with E-state index in [1.807, 2.05) is 5.92 Å². The molecule has 63 heavy (non-hydrogen) atoms. The van der Waals surface area contributed by atoms with Gasteiger partial charge in [-0.2, -0.15) is 13.5 Å². The molecular weight excluding hydrogens is 909 g/mol. The number of phosphoric acid groups is 3. The van der Waals surface area contributed by atoms with Gasteiger partial charge in [-0.25, -0.2) is 18.5 Å². The van der Waals surface area contributed by atoms with Crippen LogP contribution in [0.15, 0.2) is 0 Å². The number of terminal acetylenes is 1. The van der Waals surface area contributed by atoms with Gasteiger partial charge in [-0.3, -0.25) is 22.9 Å². The number of carbonyl (C=O) groups is 2. The van der Waals surface area contributed by atoms with Gasteiger partial charge in [0.2, 0.25) is 0 Å². The highest BCUT2D eigenvalue weighted by Gasteiger charge is 2.56. The SMILES string of the molecule is C#CC#CC#CC#CC#CC#CC#CC(=O)OC[C@H](COP(=O)(O)OC1C(O)[C@H](OP(=O)(O)O)[C@H](OP(=O)(O)O)C(O)[C@@H]1O)OC(=O)CCCCCCCCCCCCCCC.S.[HH].[HH].[HH].[HH].[HH].[HH].[HH].[HH].[HH].[HH].[HH].[HH].[HH]. The van der Waals surface area contributed by atoms with Gasteiger partial charge >= 0.3 is 35.4 Å². The lowest BCUT2D eigenvalue weighted by molar-refractivity contribution is -0.213. The van der Waals surface area contributed by atoms with Crippen LogP contribution in [0.3, 0.4) is 0 Å². The number of esters is 2. The van der Waals surface area contributed by atoms with Gasteiger partial charge in [-0.1, -0.05) is 84.0 Å². The van der Waals surface area contributed by atoms with Crippen molar-refractivity contribution in [3.8, 4) is 83.4 Å². The van der Waals surface area contributed by atoms with E-state index in [1.54, 1.807) is 0 Å². The van der Waals surface area contributed by atoms with E-state index in [0.717, 1.165) is 25.7 Å². The third kappa shape index (κ3) is 29.5. The van der Waals surface area contributed by atoms with Gasteiger partial charge in [-0.05, 0) is 77.5 Å². The second kappa shape index (κ2) is 33.0. The quantitative estimate of drug-likeness (QED) is 0.0176. The van der Waals surface area contributed by atoms with Crippen LogP contribution in [0.25, 0.3) is 0 Å². The van der Waals surface area contributed by atoms with Crippen molar-refractivity contribution in [3.05, 3.63) is 0 Å². The Balaban J connectivity index is -0.000000229. The summed E-state index contributed by atoms with van der Waals surface area (Å²) in [7, 11) is -16.7. The predicted octanol–water partition coefficient (Wildman–Crippen LogP) is 5.44. The van der Waals surface area contributed by atoms with Gasteiger partial charge in [0, 0.05) is 30.9 Å². The van der Waals surface area contributed by atoms with Gasteiger partial charge in [0.25, 0.3) is 0 Å². The van der Waals surface area contributed by atoms with E-state index < -0.39 is 91.3 Å². The third-order valence-electron chi connectivity index (χ3n) is 8.26. The molecule has 8 atom stereocenters. The van der Waals surface area contributed by atoms with Crippen molar-refractivity contribution in [3.63, 3.8) is 0 Å². The lowest BCUT2D eigenvalue weighted by Gasteiger charge is -2.44. The molecule has 0 aromatic carbocycles. The summed E-state index contributed by atoms with van der Waals surface area (Å²) in [6.07, 6.45) is 1.86. The first-order valence-corrected chi connectivity index (χ1v) is 23.9. The highest BCUT2D eigenvalue weighted by atomic mass is 32.1. The summed E-state index contributed by atoms with van der Waals surface area (Å²) in [6, 6.07) is 0. The Morgan fingerprint density at radius 3 is 1.46 bits per heavy atom. The number of ether oxygens (including phenoxy) is 2. The summed E-state index contributed by atoms with van der Waals surface area (Å²) in [5.41, 5.74) is 0. The molecule has 0 aromatic rings. The molecule has 1 fully saturated rings. The van der Waals surface area contributed by atoms with Crippen molar-refractivity contribution in [2.24, 2.45) is 0 Å². The van der Waals surface area contributed by atoms with Gasteiger partial charge < -0.3 is 49.3 Å². The highest BCUT2D eigenvalue weighted by Crippen LogP contribution is 2.51. The zero-order chi connectivity index (χ0) is 46.4. The maximum absolute atomic E-state index is 13.0. The Morgan fingerprint density at radius 2 is 1.00 bits per heavy atom. The molecule has 0 bridgehead atoms. The van der Waals surface area contributed by atoms with Crippen molar-refractivity contribution in [2.75, 3.05) is 13.2 Å². The number of aliphatic hydroxyl groups is 3. The lowest BCUT2D eigenvalue weighted by Crippen LogP contribution is -2.65. The second-order valence-corrected chi connectivity index (χ2v) is 17.1. The molecule has 0 heterocycles.